The van der Waals surface area contributed by atoms with Gasteiger partial charge in [-0.1, -0.05) is 12.1 Å². The smallest absolute Gasteiger partial charge is 0.195 e. The minimum Gasteiger partial charge on any atom is -0.399 e. The van der Waals surface area contributed by atoms with Crippen LogP contribution in [-0.2, 0) is 5.66 Å². The van der Waals surface area contributed by atoms with Gasteiger partial charge in [-0.05, 0) is 30.7 Å². The number of nitrogens with two attached hydrogens (primary N) is 3. The number of nitrogen functional groups attached to an aromatic ring is 1. The van der Waals surface area contributed by atoms with Gasteiger partial charge in [0.1, 0.15) is 0 Å². The number of aliphatic imine (C=N–C) groups is 1. The molecule has 0 fully saturated rings. The monoisotopic (exact) mass is 253 g/mol. The molecule has 0 radical (unpaired) electrons. The molecule has 0 aliphatic carbocycles. The van der Waals surface area contributed by atoms with Crippen molar-refractivity contribution >= 4 is 24.1 Å². The zero-order chi connectivity index (χ0) is 11.8. The standard InChI is InChI=1S/C11H15N5.ClH/c1-7-6-11(14,16-10(13)15-7)8-2-4-9(12)5-3-8;/h2-6H,12,14H2,1H3,(H3,13,15,16);1H. The van der Waals surface area contributed by atoms with Crippen LogP contribution >= 0.6 is 12.4 Å². The Balaban J connectivity index is 0.00000144. The molecule has 1 unspecified atom stereocenters. The molecule has 0 saturated heterocycles. The summed E-state index contributed by atoms with van der Waals surface area (Å²) in [5.41, 5.74) is 19.0. The molecule has 6 heteroatoms. The van der Waals surface area contributed by atoms with E-state index < -0.39 is 5.66 Å². The van der Waals surface area contributed by atoms with Gasteiger partial charge >= 0.3 is 0 Å². The first-order chi connectivity index (χ1) is 7.49. The van der Waals surface area contributed by atoms with Gasteiger partial charge < -0.3 is 16.8 Å². The SMILES string of the molecule is CC1=CC(N)(c2ccc(N)cc2)N=C(N)N1.Cl. The van der Waals surface area contributed by atoms with Crippen LogP contribution in [0.2, 0.25) is 0 Å². The summed E-state index contributed by atoms with van der Waals surface area (Å²) in [5, 5.41) is 2.90. The maximum absolute atomic E-state index is 6.19. The van der Waals surface area contributed by atoms with Crippen LogP contribution in [-0.4, -0.2) is 5.96 Å². The van der Waals surface area contributed by atoms with Crippen LogP contribution in [0.3, 0.4) is 0 Å². The fourth-order valence-electron chi connectivity index (χ4n) is 1.73. The van der Waals surface area contributed by atoms with Gasteiger partial charge in [0.05, 0.1) is 0 Å². The van der Waals surface area contributed by atoms with E-state index in [1.807, 2.05) is 25.1 Å². The van der Waals surface area contributed by atoms with E-state index in [0.717, 1.165) is 11.3 Å². The van der Waals surface area contributed by atoms with Crippen LogP contribution < -0.4 is 22.5 Å². The Morgan fingerprint density at radius 3 is 2.29 bits per heavy atom. The van der Waals surface area contributed by atoms with Gasteiger partial charge in [-0.3, -0.25) is 5.73 Å². The van der Waals surface area contributed by atoms with Crippen molar-refractivity contribution in [3.63, 3.8) is 0 Å². The normalized spacial score (nSPS) is 22.9. The molecule has 1 aromatic rings. The topological polar surface area (TPSA) is 102 Å². The average molecular weight is 254 g/mol. The van der Waals surface area contributed by atoms with Crippen molar-refractivity contribution in [1.29, 1.82) is 0 Å². The molecule has 0 saturated carbocycles. The van der Waals surface area contributed by atoms with Gasteiger partial charge in [-0.15, -0.1) is 12.4 Å². The van der Waals surface area contributed by atoms with E-state index in [1.54, 1.807) is 12.1 Å². The maximum atomic E-state index is 6.19. The lowest BCUT2D eigenvalue weighted by Crippen LogP contribution is -2.44. The average Bonchev–Trinajstić information content (AvgIpc) is 2.16. The van der Waals surface area contributed by atoms with Crippen LogP contribution in [0.4, 0.5) is 5.69 Å². The zero-order valence-corrected chi connectivity index (χ0v) is 10.3. The molecular formula is C11H16ClN5. The van der Waals surface area contributed by atoms with Crippen molar-refractivity contribution in [2.75, 3.05) is 5.73 Å². The van der Waals surface area contributed by atoms with E-state index in [1.165, 1.54) is 0 Å². The Morgan fingerprint density at radius 2 is 1.76 bits per heavy atom. The molecule has 92 valence electrons. The number of hydrogen-bond acceptors (Lipinski definition) is 5. The van der Waals surface area contributed by atoms with Crippen molar-refractivity contribution < 1.29 is 0 Å². The molecule has 0 amide bonds. The van der Waals surface area contributed by atoms with Gasteiger partial charge in [0.25, 0.3) is 0 Å². The van der Waals surface area contributed by atoms with Gasteiger partial charge in [0.2, 0.25) is 0 Å². The molecule has 0 bridgehead atoms. The summed E-state index contributed by atoms with van der Waals surface area (Å²) in [6.07, 6.45) is 1.83. The van der Waals surface area contributed by atoms with E-state index in [0.29, 0.717) is 11.6 Å². The van der Waals surface area contributed by atoms with E-state index in [-0.39, 0.29) is 12.4 Å². The summed E-state index contributed by atoms with van der Waals surface area (Å²) in [6, 6.07) is 7.28. The molecular weight excluding hydrogens is 238 g/mol. The molecule has 1 aliphatic heterocycles. The van der Waals surface area contributed by atoms with Crippen LogP contribution in [0.25, 0.3) is 0 Å². The summed E-state index contributed by atoms with van der Waals surface area (Å²) in [7, 11) is 0. The molecule has 1 aliphatic rings. The molecule has 1 heterocycles. The Kier molecular flexibility index (Phi) is 3.65. The molecule has 17 heavy (non-hydrogen) atoms. The molecule has 1 aromatic carbocycles. The van der Waals surface area contributed by atoms with E-state index in [2.05, 4.69) is 10.3 Å². The number of nitrogens with one attached hydrogen (secondary N) is 1. The lowest BCUT2D eigenvalue weighted by molar-refractivity contribution is 0.573. The lowest BCUT2D eigenvalue weighted by Gasteiger charge is -2.27. The second-order valence-corrected chi connectivity index (χ2v) is 3.90. The van der Waals surface area contributed by atoms with Crippen LogP contribution in [0.5, 0.6) is 0 Å². The van der Waals surface area contributed by atoms with Crippen molar-refractivity contribution in [2.24, 2.45) is 16.5 Å². The third-order valence-electron chi connectivity index (χ3n) is 2.44. The Labute approximate surface area is 106 Å². The summed E-state index contributed by atoms with van der Waals surface area (Å²) in [6.45, 7) is 1.89. The summed E-state index contributed by atoms with van der Waals surface area (Å²) >= 11 is 0. The number of allylic oxidation sites excluding steroid dienone is 1. The molecule has 0 spiro atoms. The fourth-order valence-corrected chi connectivity index (χ4v) is 1.73. The number of halogens is 1. The molecule has 5 nitrogen and oxygen atoms in total. The number of nitrogens with zero attached hydrogens (tertiary/aromatic N) is 1. The minimum absolute atomic E-state index is 0. The Hall–Kier alpha value is -1.72. The zero-order valence-electron chi connectivity index (χ0n) is 9.47. The van der Waals surface area contributed by atoms with E-state index in [4.69, 9.17) is 17.2 Å². The van der Waals surface area contributed by atoms with Crippen LogP contribution in [0.15, 0.2) is 41.0 Å². The highest BCUT2D eigenvalue weighted by Gasteiger charge is 2.27. The predicted octanol–water partition coefficient (Wildman–Crippen LogP) is 0.624. The van der Waals surface area contributed by atoms with Crippen LogP contribution in [0.1, 0.15) is 12.5 Å². The van der Waals surface area contributed by atoms with Crippen molar-refractivity contribution in [2.45, 2.75) is 12.6 Å². The summed E-state index contributed by atoms with van der Waals surface area (Å²) in [4.78, 5) is 4.21. The van der Waals surface area contributed by atoms with Gasteiger partial charge in [0, 0.05) is 11.4 Å². The largest absolute Gasteiger partial charge is 0.399 e. The first kappa shape index (κ1) is 13.3. The number of benzene rings is 1. The number of hydrogen-bond donors (Lipinski definition) is 4. The molecule has 0 aromatic heterocycles. The highest BCUT2D eigenvalue weighted by molar-refractivity contribution is 5.85. The maximum Gasteiger partial charge on any atom is 0.195 e. The van der Waals surface area contributed by atoms with E-state index >= 15 is 0 Å². The van der Waals surface area contributed by atoms with Gasteiger partial charge in [-0.2, -0.15) is 0 Å². The second-order valence-electron chi connectivity index (χ2n) is 3.90. The quantitative estimate of drug-likeness (QED) is 0.551. The molecule has 7 N–H and O–H groups in total. The highest BCUT2D eigenvalue weighted by Crippen LogP contribution is 2.25. The minimum atomic E-state index is -0.910. The first-order valence-corrected chi connectivity index (χ1v) is 4.96. The highest BCUT2D eigenvalue weighted by atomic mass is 35.5. The van der Waals surface area contributed by atoms with E-state index in [9.17, 15) is 0 Å². The van der Waals surface area contributed by atoms with Gasteiger partial charge in [-0.25, -0.2) is 4.99 Å². The third kappa shape index (κ3) is 2.69. The predicted molar refractivity (Wildman–Crippen MR) is 72.5 cm³/mol. The number of anilines is 1. The lowest BCUT2D eigenvalue weighted by atomic mass is 9.98. The Morgan fingerprint density at radius 1 is 1.18 bits per heavy atom. The fraction of sp³-hybridized carbons (Fsp3) is 0.182. The van der Waals surface area contributed by atoms with Crippen LogP contribution in [0, 0.1) is 0 Å². The summed E-state index contributed by atoms with van der Waals surface area (Å²) < 4.78 is 0. The van der Waals surface area contributed by atoms with Crippen molar-refractivity contribution in [3.8, 4) is 0 Å². The second kappa shape index (κ2) is 4.65. The first-order valence-electron chi connectivity index (χ1n) is 4.96. The van der Waals surface area contributed by atoms with Crippen molar-refractivity contribution in [3.05, 3.63) is 41.6 Å². The third-order valence-corrected chi connectivity index (χ3v) is 2.44. The summed E-state index contributed by atoms with van der Waals surface area (Å²) in [5.74, 6) is 0.319. The molecule has 1 atom stereocenters. The van der Waals surface area contributed by atoms with Gasteiger partial charge in [0.15, 0.2) is 11.6 Å². The number of guanidine groups is 1. The molecule has 2 rings (SSSR count). The number of rotatable bonds is 1. The Bertz CT molecular complexity index is 445. The van der Waals surface area contributed by atoms with Crippen molar-refractivity contribution in [1.82, 2.24) is 5.32 Å².